The van der Waals surface area contributed by atoms with Gasteiger partial charge in [0, 0.05) is 13.7 Å². The predicted molar refractivity (Wildman–Crippen MR) is 68.8 cm³/mol. The summed E-state index contributed by atoms with van der Waals surface area (Å²) in [4.78, 5) is 11.7. The quantitative estimate of drug-likeness (QED) is 0.523. The number of hydrogen-bond donors (Lipinski definition) is 3. The summed E-state index contributed by atoms with van der Waals surface area (Å²) in [5, 5.41) is 5.54. The maximum Gasteiger partial charge on any atom is 0.242 e. The van der Waals surface area contributed by atoms with Crippen molar-refractivity contribution in [1.82, 2.24) is 5.32 Å². The van der Waals surface area contributed by atoms with Gasteiger partial charge >= 0.3 is 0 Å². The van der Waals surface area contributed by atoms with Gasteiger partial charge in [-0.25, -0.2) is 4.39 Å². The number of nitrogens with one attached hydrogen (secondary N) is 2. The van der Waals surface area contributed by atoms with Crippen LogP contribution in [0.2, 0.25) is 0 Å². The fraction of sp³-hybridized carbons (Fsp3) is 0.417. The van der Waals surface area contributed by atoms with E-state index in [1.807, 2.05) is 0 Å². The Kier molecular flexibility index (Phi) is 5.38. The van der Waals surface area contributed by atoms with Crippen LogP contribution in [-0.2, 0) is 9.53 Å². The molecule has 0 aromatic heterocycles. The Hall–Kier alpha value is -1.82. The minimum atomic E-state index is -0.508. The standard InChI is InChI=1S/C12H18FN3O2/c1-8(12(17)15-6-7-18-2)16-10-5-3-4-9(13)11(10)14/h3-5,8,16H,6-7,14H2,1-2H3,(H,15,17). The Morgan fingerprint density at radius 3 is 2.94 bits per heavy atom. The molecule has 1 rings (SSSR count). The Morgan fingerprint density at radius 1 is 1.56 bits per heavy atom. The maximum absolute atomic E-state index is 13.2. The summed E-state index contributed by atoms with van der Waals surface area (Å²) in [5.41, 5.74) is 5.98. The lowest BCUT2D eigenvalue weighted by atomic mass is 10.2. The lowest BCUT2D eigenvalue weighted by Gasteiger charge is -2.16. The molecule has 0 aliphatic carbocycles. The number of carbonyl (C=O) groups is 1. The van der Waals surface area contributed by atoms with Crippen molar-refractivity contribution in [1.29, 1.82) is 0 Å². The molecule has 0 saturated carbocycles. The number of methoxy groups -OCH3 is 1. The molecule has 0 aliphatic heterocycles. The number of anilines is 2. The second kappa shape index (κ2) is 6.80. The molecule has 0 heterocycles. The number of carbonyl (C=O) groups excluding carboxylic acids is 1. The Morgan fingerprint density at radius 2 is 2.28 bits per heavy atom. The molecule has 1 aromatic carbocycles. The summed E-state index contributed by atoms with van der Waals surface area (Å²) in [7, 11) is 1.56. The number of para-hydroxylation sites is 1. The van der Waals surface area contributed by atoms with Crippen molar-refractivity contribution >= 4 is 17.3 Å². The predicted octanol–water partition coefficient (Wildman–Crippen LogP) is 0.971. The average molecular weight is 255 g/mol. The maximum atomic E-state index is 13.2. The molecule has 100 valence electrons. The summed E-state index contributed by atoms with van der Waals surface area (Å²) < 4.78 is 18.0. The molecule has 6 heteroatoms. The van der Waals surface area contributed by atoms with Crippen molar-refractivity contribution in [3.8, 4) is 0 Å². The molecule has 1 atom stereocenters. The largest absolute Gasteiger partial charge is 0.395 e. The van der Waals surface area contributed by atoms with Crippen molar-refractivity contribution in [2.75, 3.05) is 31.3 Å². The topological polar surface area (TPSA) is 76.4 Å². The molecule has 18 heavy (non-hydrogen) atoms. The van der Waals surface area contributed by atoms with E-state index in [9.17, 15) is 9.18 Å². The van der Waals surface area contributed by atoms with Crippen LogP contribution in [0.5, 0.6) is 0 Å². The fourth-order valence-electron chi connectivity index (χ4n) is 1.39. The van der Waals surface area contributed by atoms with Crippen molar-refractivity contribution in [2.24, 2.45) is 0 Å². The lowest BCUT2D eigenvalue weighted by Crippen LogP contribution is -2.39. The molecule has 5 nitrogen and oxygen atoms in total. The van der Waals surface area contributed by atoms with E-state index in [0.29, 0.717) is 18.8 Å². The van der Waals surface area contributed by atoms with Gasteiger partial charge in [0.05, 0.1) is 18.0 Å². The van der Waals surface area contributed by atoms with Gasteiger partial charge in [-0.15, -0.1) is 0 Å². The molecule has 0 bridgehead atoms. The van der Waals surface area contributed by atoms with E-state index < -0.39 is 11.9 Å². The molecule has 0 radical (unpaired) electrons. The average Bonchev–Trinajstić information content (AvgIpc) is 2.35. The van der Waals surface area contributed by atoms with E-state index in [0.717, 1.165) is 0 Å². The van der Waals surface area contributed by atoms with Gasteiger partial charge in [0.2, 0.25) is 5.91 Å². The van der Waals surface area contributed by atoms with E-state index in [2.05, 4.69) is 10.6 Å². The third-order valence-electron chi connectivity index (χ3n) is 2.42. The lowest BCUT2D eigenvalue weighted by molar-refractivity contribution is -0.121. The Balaban J connectivity index is 2.56. The summed E-state index contributed by atoms with van der Waals surface area (Å²) in [6.45, 7) is 2.55. The molecule has 1 unspecified atom stereocenters. The molecule has 0 aliphatic rings. The first-order valence-corrected chi connectivity index (χ1v) is 5.63. The number of nitrogen functional groups attached to an aromatic ring is 1. The van der Waals surface area contributed by atoms with Crippen LogP contribution >= 0.6 is 0 Å². The second-order valence-electron chi connectivity index (χ2n) is 3.85. The van der Waals surface area contributed by atoms with Gasteiger partial charge < -0.3 is 21.1 Å². The van der Waals surface area contributed by atoms with Crippen LogP contribution in [-0.4, -0.2) is 32.2 Å². The molecular weight excluding hydrogens is 237 g/mol. The van der Waals surface area contributed by atoms with Crippen LogP contribution in [0.4, 0.5) is 15.8 Å². The number of rotatable bonds is 6. The van der Waals surface area contributed by atoms with Gasteiger partial charge in [-0.05, 0) is 19.1 Å². The van der Waals surface area contributed by atoms with E-state index in [1.54, 1.807) is 20.1 Å². The highest BCUT2D eigenvalue weighted by Gasteiger charge is 2.14. The molecule has 1 aromatic rings. The van der Waals surface area contributed by atoms with E-state index in [4.69, 9.17) is 10.5 Å². The fourth-order valence-corrected chi connectivity index (χ4v) is 1.39. The highest BCUT2D eigenvalue weighted by Crippen LogP contribution is 2.21. The molecule has 0 saturated heterocycles. The zero-order valence-electron chi connectivity index (χ0n) is 10.5. The van der Waals surface area contributed by atoms with Crippen LogP contribution in [0.25, 0.3) is 0 Å². The first kappa shape index (κ1) is 14.2. The summed E-state index contributed by atoms with van der Waals surface area (Å²) in [5.74, 6) is -0.706. The highest BCUT2D eigenvalue weighted by atomic mass is 19.1. The zero-order valence-corrected chi connectivity index (χ0v) is 10.5. The summed E-state index contributed by atoms with van der Waals surface area (Å²) in [6.07, 6.45) is 0. The SMILES string of the molecule is COCCNC(=O)C(C)Nc1cccc(F)c1N. The van der Waals surface area contributed by atoms with E-state index in [1.165, 1.54) is 12.1 Å². The third kappa shape index (κ3) is 3.89. The van der Waals surface area contributed by atoms with Crippen molar-refractivity contribution < 1.29 is 13.9 Å². The van der Waals surface area contributed by atoms with Crippen LogP contribution < -0.4 is 16.4 Å². The summed E-state index contributed by atoms with van der Waals surface area (Å²) in [6, 6.07) is 3.91. The number of ether oxygens (including phenoxy) is 1. The first-order valence-electron chi connectivity index (χ1n) is 5.63. The van der Waals surface area contributed by atoms with E-state index >= 15 is 0 Å². The van der Waals surface area contributed by atoms with Crippen LogP contribution in [0.15, 0.2) is 18.2 Å². The van der Waals surface area contributed by atoms with Crippen molar-refractivity contribution in [3.05, 3.63) is 24.0 Å². The minimum absolute atomic E-state index is 0.00837. The Bertz CT molecular complexity index is 412. The minimum Gasteiger partial charge on any atom is -0.395 e. The molecule has 0 fully saturated rings. The van der Waals surface area contributed by atoms with Gasteiger partial charge in [-0.1, -0.05) is 6.07 Å². The zero-order chi connectivity index (χ0) is 13.5. The van der Waals surface area contributed by atoms with Crippen LogP contribution in [0.3, 0.4) is 0 Å². The van der Waals surface area contributed by atoms with Gasteiger partial charge in [-0.3, -0.25) is 4.79 Å². The van der Waals surface area contributed by atoms with Gasteiger partial charge in [0.1, 0.15) is 11.9 Å². The van der Waals surface area contributed by atoms with Crippen LogP contribution in [0, 0.1) is 5.82 Å². The third-order valence-corrected chi connectivity index (χ3v) is 2.42. The number of hydrogen-bond acceptors (Lipinski definition) is 4. The molecule has 0 spiro atoms. The second-order valence-corrected chi connectivity index (χ2v) is 3.85. The number of benzene rings is 1. The normalized spacial score (nSPS) is 11.9. The molecule has 4 N–H and O–H groups in total. The van der Waals surface area contributed by atoms with E-state index in [-0.39, 0.29) is 11.6 Å². The molecular formula is C12H18FN3O2. The number of halogens is 1. The van der Waals surface area contributed by atoms with Crippen molar-refractivity contribution in [2.45, 2.75) is 13.0 Å². The highest BCUT2D eigenvalue weighted by molar-refractivity contribution is 5.85. The number of amides is 1. The van der Waals surface area contributed by atoms with Gasteiger partial charge in [0.15, 0.2) is 0 Å². The van der Waals surface area contributed by atoms with Gasteiger partial charge in [-0.2, -0.15) is 0 Å². The first-order chi connectivity index (χ1) is 8.56. The number of nitrogens with two attached hydrogens (primary N) is 1. The smallest absolute Gasteiger partial charge is 0.242 e. The van der Waals surface area contributed by atoms with Crippen molar-refractivity contribution in [3.63, 3.8) is 0 Å². The van der Waals surface area contributed by atoms with Crippen LogP contribution in [0.1, 0.15) is 6.92 Å². The Labute approximate surface area is 106 Å². The van der Waals surface area contributed by atoms with Gasteiger partial charge in [0.25, 0.3) is 0 Å². The summed E-state index contributed by atoms with van der Waals surface area (Å²) >= 11 is 0. The monoisotopic (exact) mass is 255 g/mol. The molecule has 1 amide bonds.